The van der Waals surface area contributed by atoms with Crippen molar-refractivity contribution in [2.45, 2.75) is 13.8 Å². The molecule has 6 aromatic carbocycles. The summed E-state index contributed by atoms with van der Waals surface area (Å²) in [4.78, 5) is 0. The van der Waals surface area contributed by atoms with Gasteiger partial charge >= 0.3 is 7.12 Å². The molecular weight excluding hydrogens is 619 g/mol. The van der Waals surface area contributed by atoms with Gasteiger partial charge in [0.1, 0.15) is 0 Å². The first-order chi connectivity index (χ1) is 22.0. The topological polar surface area (TPSA) is 49.7 Å². The van der Waals surface area contributed by atoms with Crippen LogP contribution in [0.5, 0.6) is 0 Å². The van der Waals surface area contributed by atoms with Crippen molar-refractivity contribution in [3.05, 3.63) is 162 Å². The quantitative estimate of drug-likeness (QED) is 0.168. The Morgan fingerprint density at radius 2 is 0.733 bits per heavy atom. The van der Waals surface area contributed by atoms with Crippen LogP contribution in [0.3, 0.4) is 0 Å². The van der Waals surface area contributed by atoms with Crippen molar-refractivity contribution in [1.29, 1.82) is 0 Å². The molecule has 6 aromatic rings. The van der Waals surface area contributed by atoms with E-state index in [-0.39, 0.29) is 0 Å². The molecule has 0 atom stereocenters. The molecule has 3 nitrogen and oxygen atoms in total. The van der Waals surface area contributed by atoms with Gasteiger partial charge in [0.15, 0.2) is 0 Å². The number of halogens is 1. The molecule has 226 valence electrons. The summed E-state index contributed by atoms with van der Waals surface area (Å²) >= 11 is 3.61. The largest absolute Gasteiger partial charge is 0.488 e. The molecule has 0 unspecified atom stereocenters. The highest BCUT2D eigenvalue weighted by atomic mass is 79.9. The van der Waals surface area contributed by atoms with E-state index in [1.165, 1.54) is 22.3 Å². The predicted molar refractivity (Wildman–Crippen MR) is 194 cm³/mol. The van der Waals surface area contributed by atoms with Crippen molar-refractivity contribution in [1.82, 2.24) is 0 Å². The van der Waals surface area contributed by atoms with E-state index in [0.717, 1.165) is 39.9 Å². The van der Waals surface area contributed by atoms with E-state index in [2.05, 4.69) is 88.7 Å². The minimum Gasteiger partial charge on any atom is -0.423 e. The zero-order valence-electron chi connectivity index (χ0n) is 25.7. The van der Waals surface area contributed by atoms with E-state index in [0.29, 0.717) is 5.46 Å². The lowest BCUT2D eigenvalue weighted by Gasteiger charge is -2.10. The molecule has 0 aliphatic heterocycles. The number of ether oxygens (including phenoxy) is 1. The van der Waals surface area contributed by atoms with Crippen molar-refractivity contribution in [2.24, 2.45) is 0 Å². The molecule has 0 aliphatic carbocycles. The Morgan fingerprint density at radius 1 is 0.444 bits per heavy atom. The summed E-state index contributed by atoms with van der Waals surface area (Å²) in [6.45, 7) is 5.67. The van der Waals surface area contributed by atoms with Gasteiger partial charge in [-0.3, -0.25) is 0 Å². The van der Waals surface area contributed by atoms with Gasteiger partial charge in [-0.15, -0.1) is 0 Å². The van der Waals surface area contributed by atoms with Gasteiger partial charge in [-0.1, -0.05) is 149 Å². The Bertz CT molecular complexity index is 1590. The van der Waals surface area contributed by atoms with Gasteiger partial charge in [0.05, 0.1) is 0 Å². The van der Waals surface area contributed by atoms with Gasteiger partial charge in [0, 0.05) is 17.7 Å². The van der Waals surface area contributed by atoms with Crippen LogP contribution in [0.4, 0.5) is 0 Å². The SMILES string of the molecule is Brc1cc(-c2ccccc2)cc(-c2ccccc2)c1.CCOCC.OB(O)c1cc(-c2ccccc2)cc(-c2ccccc2)c1. The van der Waals surface area contributed by atoms with E-state index >= 15 is 0 Å². The summed E-state index contributed by atoms with van der Waals surface area (Å²) in [5.74, 6) is 0. The van der Waals surface area contributed by atoms with Gasteiger partial charge in [-0.05, 0) is 88.1 Å². The average molecular weight is 657 g/mol. The minimum absolute atomic E-state index is 0.496. The Balaban J connectivity index is 0.000000179. The second kappa shape index (κ2) is 17.9. The van der Waals surface area contributed by atoms with E-state index in [1.807, 2.05) is 98.8 Å². The molecule has 5 heteroatoms. The zero-order valence-corrected chi connectivity index (χ0v) is 27.3. The molecule has 0 aromatic heterocycles. The van der Waals surface area contributed by atoms with E-state index < -0.39 is 7.12 Å². The first kappa shape index (κ1) is 33.6. The highest BCUT2D eigenvalue weighted by Crippen LogP contribution is 2.30. The van der Waals surface area contributed by atoms with E-state index in [4.69, 9.17) is 4.74 Å². The van der Waals surface area contributed by atoms with E-state index in [9.17, 15) is 10.0 Å². The van der Waals surface area contributed by atoms with Crippen LogP contribution in [0.1, 0.15) is 13.8 Å². The third kappa shape index (κ3) is 10.4. The summed E-state index contributed by atoms with van der Waals surface area (Å²) in [7, 11) is -1.48. The Hall–Kier alpha value is -4.26. The summed E-state index contributed by atoms with van der Waals surface area (Å²) < 4.78 is 5.94. The summed E-state index contributed by atoms with van der Waals surface area (Å²) in [6, 6.07) is 53.0. The monoisotopic (exact) mass is 656 g/mol. The van der Waals surface area contributed by atoms with Gasteiger partial charge in [-0.25, -0.2) is 0 Å². The van der Waals surface area contributed by atoms with Gasteiger partial charge in [0.25, 0.3) is 0 Å². The summed E-state index contributed by atoms with van der Waals surface area (Å²) in [6.07, 6.45) is 0. The van der Waals surface area contributed by atoms with Crippen LogP contribution in [0.15, 0.2) is 162 Å². The molecule has 6 rings (SSSR count). The number of benzene rings is 6. The van der Waals surface area contributed by atoms with Crippen molar-refractivity contribution < 1.29 is 14.8 Å². The smallest absolute Gasteiger partial charge is 0.423 e. The van der Waals surface area contributed by atoms with Crippen molar-refractivity contribution in [3.63, 3.8) is 0 Å². The highest BCUT2D eigenvalue weighted by Gasteiger charge is 2.14. The van der Waals surface area contributed by atoms with Crippen LogP contribution < -0.4 is 5.46 Å². The second-order valence-electron chi connectivity index (χ2n) is 10.2. The predicted octanol–water partition coefficient (Wildman–Crippen LogP) is 9.53. The first-order valence-corrected chi connectivity index (χ1v) is 15.9. The Labute approximate surface area is 276 Å². The molecule has 0 amide bonds. The van der Waals surface area contributed by atoms with Gasteiger partial charge in [-0.2, -0.15) is 0 Å². The molecule has 45 heavy (non-hydrogen) atoms. The maximum absolute atomic E-state index is 9.52. The molecule has 0 heterocycles. The van der Waals surface area contributed by atoms with E-state index in [1.54, 1.807) is 0 Å². The standard InChI is InChI=1S/C18H15BO2.C18H13Br.C4H10O/c20-19(21)18-12-16(14-7-3-1-4-8-14)11-17(13-18)15-9-5-2-6-10-15;19-18-12-16(14-7-3-1-4-8-14)11-17(13-18)15-9-5-2-6-10-15;1-3-5-4-2/h1-13,20-21H;1-13H;3-4H2,1-2H3. The summed E-state index contributed by atoms with van der Waals surface area (Å²) in [5, 5.41) is 19.0. The van der Waals surface area contributed by atoms with Crippen molar-refractivity contribution in [2.75, 3.05) is 13.2 Å². The lowest BCUT2D eigenvalue weighted by Crippen LogP contribution is -2.29. The summed E-state index contributed by atoms with van der Waals surface area (Å²) in [5.41, 5.74) is 9.48. The average Bonchev–Trinajstić information content (AvgIpc) is 3.10. The zero-order chi connectivity index (χ0) is 31.9. The second-order valence-corrected chi connectivity index (χ2v) is 11.1. The molecule has 0 fully saturated rings. The molecule has 0 radical (unpaired) electrons. The molecule has 0 aliphatic rings. The first-order valence-electron chi connectivity index (χ1n) is 15.1. The van der Waals surface area contributed by atoms with Crippen LogP contribution in [0, 0.1) is 0 Å². The van der Waals surface area contributed by atoms with Crippen molar-refractivity contribution >= 4 is 28.5 Å². The lowest BCUT2D eigenvalue weighted by molar-refractivity contribution is 0.162. The van der Waals surface area contributed by atoms with Crippen LogP contribution in [0.25, 0.3) is 44.5 Å². The fourth-order valence-corrected chi connectivity index (χ4v) is 5.28. The molecule has 0 saturated heterocycles. The number of hydrogen-bond donors (Lipinski definition) is 2. The molecule has 0 saturated carbocycles. The minimum atomic E-state index is -1.48. The van der Waals surface area contributed by atoms with Crippen LogP contribution in [0.2, 0.25) is 0 Å². The maximum atomic E-state index is 9.52. The Kier molecular flexibility index (Phi) is 13.4. The fraction of sp³-hybridized carbons (Fsp3) is 0.100. The highest BCUT2D eigenvalue weighted by molar-refractivity contribution is 9.10. The molecular formula is C40H38BBrO3. The third-order valence-electron chi connectivity index (χ3n) is 6.99. The molecule has 2 N–H and O–H groups in total. The van der Waals surface area contributed by atoms with Crippen LogP contribution in [-0.4, -0.2) is 30.4 Å². The lowest BCUT2D eigenvalue weighted by atomic mass is 9.77. The van der Waals surface area contributed by atoms with Crippen LogP contribution >= 0.6 is 15.9 Å². The third-order valence-corrected chi connectivity index (χ3v) is 7.45. The Morgan fingerprint density at radius 3 is 0.978 bits per heavy atom. The van der Waals surface area contributed by atoms with Gasteiger partial charge < -0.3 is 14.8 Å². The van der Waals surface area contributed by atoms with Crippen molar-refractivity contribution in [3.8, 4) is 44.5 Å². The number of rotatable bonds is 7. The fourth-order valence-electron chi connectivity index (χ4n) is 4.78. The molecule has 0 bridgehead atoms. The number of hydrogen-bond acceptors (Lipinski definition) is 3. The maximum Gasteiger partial charge on any atom is 0.488 e. The van der Waals surface area contributed by atoms with Crippen LogP contribution in [-0.2, 0) is 4.74 Å². The van der Waals surface area contributed by atoms with Gasteiger partial charge in [0.2, 0.25) is 0 Å². The normalized spacial score (nSPS) is 10.2. The molecule has 0 spiro atoms.